The molecule has 2 aromatic rings. The first-order valence-electron chi connectivity index (χ1n) is 9.77. The molecule has 0 saturated carbocycles. The molecular formula is C21H27FN2O6S. The average molecular weight is 455 g/mol. The third-order valence-electron chi connectivity index (χ3n) is 4.78. The van der Waals surface area contributed by atoms with E-state index in [1.54, 1.807) is 13.8 Å². The lowest BCUT2D eigenvalue weighted by Gasteiger charge is -2.22. The minimum absolute atomic E-state index is 0.0395. The number of carbonyl (C=O) groups excluding carboxylic acids is 2. The van der Waals surface area contributed by atoms with Crippen molar-refractivity contribution in [2.75, 3.05) is 33.4 Å². The summed E-state index contributed by atoms with van der Waals surface area (Å²) in [6, 6.07) is 4.42. The molecule has 2 rings (SSSR count). The van der Waals surface area contributed by atoms with Crippen LogP contribution in [-0.2, 0) is 19.5 Å². The lowest BCUT2D eigenvalue weighted by molar-refractivity contribution is 0.0593. The van der Waals surface area contributed by atoms with E-state index in [0.717, 1.165) is 28.6 Å². The standard InChI is InChI=1S/C21H27FN2O6S/c1-5-30-12-6-11-24(31(27,28)17-9-7-16(22)8-10-17)13-18(25)19-14(2)20(21(26)29-4)23-15(19)3/h7-10,23H,5-6,11-13H2,1-4H3. The molecule has 0 aliphatic heterocycles. The summed E-state index contributed by atoms with van der Waals surface area (Å²) in [5.74, 6) is -1.65. The predicted octanol–water partition coefficient (Wildman–Crippen LogP) is 2.86. The molecule has 0 fully saturated rings. The SMILES string of the molecule is CCOCCCN(CC(=O)c1c(C)[nH]c(C(=O)OC)c1C)S(=O)(=O)c1ccc(F)cc1. The Morgan fingerprint density at radius 3 is 2.39 bits per heavy atom. The molecule has 170 valence electrons. The Bertz CT molecular complexity index is 1030. The van der Waals surface area contributed by atoms with Gasteiger partial charge in [0.2, 0.25) is 10.0 Å². The Kier molecular flexibility index (Phi) is 8.49. The highest BCUT2D eigenvalue weighted by molar-refractivity contribution is 7.89. The van der Waals surface area contributed by atoms with E-state index in [4.69, 9.17) is 9.47 Å². The molecule has 31 heavy (non-hydrogen) atoms. The van der Waals surface area contributed by atoms with Crippen molar-refractivity contribution in [3.05, 3.63) is 52.6 Å². The van der Waals surface area contributed by atoms with E-state index in [9.17, 15) is 22.4 Å². The van der Waals surface area contributed by atoms with Crippen LogP contribution in [0.4, 0.5) is 4.39 Å². The highest BCUT2D eigenvalue weighted by Crippen LogP contribution is 2.22. The fraction of sp³-hybridized carbons (Fsp3) is 0.429. The molecule has 0 aliphatic carbocycles. The summed E-state index contributed by atoms with van der Waals surface area (Å²) in [4.78, 5) is 27.7. The van der Waals surface area contributed by atoms with Gasteiger partial charge in [0.15, 0.2) is 5.78 Å². The first-order valence-corrected chi connectivity index (χ1v) is 11.2. The molecule has 1 heterocycles. The van der Waals surface area contributed by atoms with Crippen molar-refractivity contribution in [2.24, 2.45) is 0 Å². The maximum Gasteiger partial charge on any atom is 0.354 e. The fourth-order valence-corrected chi connectivity index (χ4v) is 4.68. The number of ketones is 1. The number of nitrogens with zero attached hydrogens (tertiary/aromatic N) is 1. The van der Waals surface area contributed by atoms with Crippen LogP contribution in [0.5, 0.6) is 0 Å². The topological polar surface area (TPSA) is 106 Å². The highest BCUT2D eigenvalue weighted by atomic mass is 32.2. The van der Waals surface area contributed by atoms with Crippen molar-refractivity contribution in [3.63, 3.8) is 0 Å². The summed E-state index contributed by atoms with van der Waals surface area (Å²) in [5, 5.41) is 0. The Labute approximate surface area is 181 Å². The maximum absolute atomic E-state index is 13.3. The molecule has 0 atom stereocenters. The van der Waals surface area contributed by atoms with Crippen molar-refractivity contribution in [3.8, 4) is 0 Å². The smallest absolute Gasteiger partial charge is 0.354 e. The van der Waals surface area contributed by atoms with Crippen molar-refractivity contribution in [1.82, 2.24) is 9.29 Å². The van der Waals surface area contributed by atoms with Gasteiger partial charge in [0.05, 0.1) is 18.6 Å². The van der Waals surface area contributed by atoms with Crippen LogP contribution in [0.25, 0.3) is 0 Å². The van der Waals surface area contributed by atoms with Gasteiger partial charge in [-0.1, -0.05) is 0 Å². The van der Waals surface area contributed by atoms with E-state index in [1.165, 1.54) is 7.11 Å². The number of Topliss-reactive ketones (excluding diaryl/α,β-unsaturated/α-hetero) is 1. The second kappa shape index (κ2) is 10.7. The predicted molar refractivity (Wildman–Crippen MR) is 112 cm³/mol. The van der Waals surface area contributed by atoms with Crippen LogP contribution in [-0.4, -0.2) is 62.9 Å². The number of aromatic amines is 1. The van der Waals surface area contributed by atoms with Crippen molar-refractivity contribution >= 4 is 21.8 Å². The molecule has 0 saturated heterocycles. The minimum Gasteiger partial charge on any atom is -0.464 e. The number of hydrogen-bond donors (Lipinski definition) is 1. The van der Waals surface area contributed by atoms with Crippen LogP contribution in [0.3, 0.4) is 0 Å². The Balaban J connectivity index is 2.35. The molecule has 10 heteroatoms. The zero-order valence-corrected chi connectivity index (χ0v) is 18.8. The maximum atomic E-state index is 13.3. The largest absolute Gasteiger partial charge is 0.464 e. The minimum atomic E-state index is -4.06. The fourth-order valence-electron chi connectivity index (χ4n) is 3.24. The summed E-state index contributed by atoms with van der Waals surface area (Å²) in [5.41, 5.74) is 1.22. The van der Waals surface area contributed by atoms with Gasteiger partial charge in [-0.3, -0.25) is 4.79 Å². The number of aryl methyl sites for hydroxylation is 1. The zero-order valence-electron chi connectivity index (χ0n) is 18.0. The van der Waals surface area contributed by atoms with E-state index < -0.39 is 34.1 Å². The lowest BCUT2D eigenvalue weighted by atomic mass is 10.1. The van der Waals surface area contributed by atoms with Gasteiger partial charge in [0, 0.05) is 31.0 Å². The molecular weight excluding hydrogens is 427 g/mol. The molecule has 1 N–H and O–H groups in total. The first-order chi connectivity index (χ1) is 14.6. The Morgan fingerprint density at radius 1 is 1.16 bits per heavy atom. The van der Waals surface area contributed by atoms with Gasteiger partial charge in [-0.2, -0.15) is 4.31 Å². The number of esters is 1. The van der Waals surface area contributed by atoms with E-state index in [2.05, 4.69) is 4.98 Å². The summed E-state index contributed by atoms with van der Waals surface area (Å²) in [6.07, 6.45) is 0.375. The summed E-state index contributed by atoms with van der Waals surface area (Å²) < 4.78 is 50.6. The van der Waals surface area contributed by atoms with Gasteiger partial charge in [-0.05, 0) is 57.0 Å². The van der Waals surface area contributed by atoms with Crippen LogP contribution in [0.15, 0.2) is 29.2 Å². The monoisotopic (exact) mass is 454 g/mol. The van der Waals surface area contributed by atoms with Crippen LogP contribution in [0.1, 0.15) is 45.4 Å². The second-order valence-electron chi connectivity index (χ2n) is 6.88. The second-order valence-corrected chi connectivity index (χ2v) is 8.82. The van der Waals surface area contributed by atoms with Crippen LogP contribution in [0.2, 0.25) is 0 Å². The first kappa shape index (κ1) is 24.7. The van der Waals surface area contributed by atoms with E-state index in [-0.39, 0.29) is 22.7 Å². The number of nitrogens with one attached hydrogen (secondary N) is 1. The molecule has 0 spiro atoms. The average Bonchev–Trinajstić information content (AvgIpc) is 3.03. The molecule has 0 unspecified atom stereocenters. The molecule has 1 aromatic heterocycles. The Hall–Kier alpha value is -2.56. The Morgan fingerprint density at radius 2 is 1.81 bits per heavy atom. The van der Waals surface area contributed by atoms with Gasteiger partial charge in [0.25, 0.3) is 0 Å². The number of aromatic nitrogens is 1. The van der Waals surface area contributed by atoms with E-state index in [0.29, 0.717) is 30.9 Å². The number of ether oxygens (including phenoxy) is 2. The van der Waals surface area contributed by atoms with Gasteiger partial charge in [-0.15, -0.1) is 0 Å². The third-order valence-corrected chi connectivity index (χ3v) is 6.64. The van der Waals surface area contributed by atoms with Crippen molar-refractivity contribution in [2.45, 2.75) is 32.1 Å². The zero-order chi connectivity index (χ0) is 23.2. The van der Waals surface area contributed by atoms with Crippen molar-refractivity contribution in [1.29, 1.82) is 0 Å². The molecule has 0 radical (unpaired) electrons. The summed E-state index contributed by atoms with van der Waals surface area (Å²) >= 11 is 0. The number of halogens is 1. The normalized spacial score (nSPS) is 11.7. The van der Waals surface area contributed by atoms with Gasteiger partial charge in [0.1, 0.15) is 11.5 Å². The number of hydrogen-bond acceptors (Lipinski definition) is 6. The van der Waals surface area contributed by atoms with Gasteiger partial charge >= 0.3 is 5.97 Å². The number of methoxy groups -OCH3 is 1. The number of carbonyl (C=O) groups is 2. The quantitative estimate of drug-likeness (QED) is 0.318. The number of benzene rings is 1. The molecule has 0 amide bonds. The van der Waals surface area contributed by atoms with E-state index in [1.807, 2.05) is 6.92 Å². The molecule has 8 nitrogen and oxygen atoms in total. The lowest BCUT2D eigenvalue weighted by Crippen LogP contribution is -2.37. The number of rotatable bonds is 11. The van der Waals surface area contributed by atoms with Gasteiger partial charge < -0.3 is 14.5 Å². The number of H-pyrrole nitrogens is 1. The van der Waals surface area contributed by atoms with Crippen LogP contribution < -0.4 is 0 Å². The van der Waals surface area contributed by atoms with Crippen LogP contribution >= 0.6 is 0 Å². The molecule has 1 aromatic carbocycles. The number of sulfonamides is 1. The molecule has 0 bridgehead atoms. The van der Waals surface area contributed by atoms with Crippen molar-refractivity contribution < 1.29 is 31.9 Å². The summed E-state index contributed by atoms with van der Waals surface area (Å²) in [7, 11) is -2.83. The van der Waals surface area contributed by atoms with Gasteiger partial charge in [-0.25, -0.2) is 17.6 Å². The summed E-state index contributed by atoms with van der Waals surface area (Å²) in [6.45, 7) is 5.46. The van der Waals surface area contributed by atoms with E-state index >= 15 is 0 Å². The third kappa shape index (κ3) is 5.78. The van der Waals surface area contributed by atoms with Crippen LogP contribution in [0, 0.1) is 19.7 Å². The molecule has 0 aliphatic rings. The highest BCUT2D eigenvalue weighted by Gasteiger charge is 2.29.